The molecule has 7 heteroatoms. The zero-order valence-corrected chi connectivity index (χ0v) is 14.4. The first kappa shape index (κ1) is 19.2. The lowest BCUT2D eigenvalue weighted by Crippen LogP contribution is -2.43. The second kappa shape index (κ2) is 7.64. The third-order valence-corrected chi connectivity index (χ3v) is 3.52. The number of hydrogen-bond acceptors (Lipinski definition) is 4. The highest BCUT2D eigenvalue weighted by Crippen LogP contribution is 2.27. The largest absolute Gasteiger partial charge is 0.480 e. The van der Waals surface area contributed by atoms with Gasteiger partial charge in [0.1, 0.15) is 11.6 Å². The van der Waals surface area contributed by atoms with Crippen molar-refractivity contribution in [1.82, 2.24) is 9.88 Å². The van der Waals surface area contributed by atoms with E-state index in [1.165, 1.54) is 4.90 Å². The highest BCUT2D eigenvalue weighted by molar-refractivity contribution is 5.85. The van der Waals surface area contributed by atoms with Gasteiger partial charge < -0.3 is 9.84 Å². The molecule has 0 bridgehead atoms. The van der Waals surface area contributed by atoms with Crippen LogP contribution in [-0.4, -0.2) is 45.2 Å². The maximum absolute atomic E-state index is 12.2. The zero-order chi connectivity index (χ0) is 16.3. The van der Waals surface area contributed by atoms with Crippen molar-refractivity contribution in [3.8, 4) is 0 Å². The van der Waals surface area contributed by atoms with Gasteiger partial charge in [-0.1, -0.05) is 6.07 Å². The molecule has 0 unspecified atom stereocenters. The normalized spacial score (nSPS) is 20.7. The van der Waals surface area contributed by atoms with Crippen molar-refractivity contribution in [3.05, 3.63) is 30.1 Å². The molecule has 1 aromatic heterocycles. The smallest absolute Gasteiger partial charge is 0.411 e. The van der Waals surface area contributed by atoms with Gasteiger partial charge in [-0.15, -0.1) is 12.4 Å². The summed E-state index contributed by atoms with van der Waals surface area (Å²) >= 11 is 0. The monoisotopic (exact) mass is 342 g/mol. The van der Waals surface area contributed by atoms with Gasteiger partial charge in [0, 0.05) is 18.4 Å². The molecular weight excluding hydrogens is 320 g/mol. The third-order valence-electron chi connectivity index (χ3n) is 3.52. The van der Waals surface area contributed by atoms with E-state index in [0.717, 1.165) is 5.69 Å². The predicted molar refractivity (Wildman–Crippen MR) is 87.7 cm³/mol. The molecule has 0 spiro atoms. The minimum Gasteiger partial charge on any atom is -0.480 e. The van der Waals surface area contributed by atoms with Gasteiger partial charge >= 0.3 is 12.1 Å². The Morgan fingerprint density at radius 2 is 2.09 bits per heavy atom. The Kier molecular flexibility index (Phi) is 6.38. The maximum atomic E-state index is 12.2. The fraction of sp³-hybridized carbons (Fsp3) is 0.562. The molecule has 1 saturated heterocycles. The summed E-state index contributed by atoms with van der Waals surface area (Å²) in [7, 11) is 0. The molecule has 0 saturated carbocycles. The van der Waals surface area contributed by atoms with Crippen LogP contribution in [0.4, 0.5) is 4.79 Å². The number of likely N-dealkylation sites (tertiary alicyclic amines) is 1. The molecule has 1 N–H and O–H groups in total. The van der Waals surface area contributed by atoms with E-state index in [1.807, 2.05) is 18.2 Å². The molecule has 1 amide bonds. The molecule has 1 fully saturated rings. The van der Waals surface area contributed by atoms with E-state index in [9.17, 15) is 14.7 Å². The number of carbonyl (C=O) groups excluding carboxylic acids is 1. The van der Waals surface area contributed by atoms with Gasteiger partial charge in [0.05, 0.1) is 0 Å². The standard InChI is InChI=1S/C16H22N2O4.ClH/c1-16(2,3)22-15(21)18-10-11(9-13(18)14(19)20)8-12-6-4-5-7-17-12;/h4-7,11,13H,8-10H2,1-3H3,(H,19,20);1H/t11-,13+;/m1./s1. The third kappa shape index (κ3) is 5.39. The number of aliphatic carboxylic acids is 1. The lowest BCUT2D eigenvalue weighted by atomic mass is 9.99. The first-order valence-electron chi connectivity index (χ1n) is 7.38. The average molecular weight is 343 g/mol. The maximum Gasteiger partial charge on any atom is 0.411 e. The van der Waals surface area contributed by atoms with Crippen LogP contribution in [0.25, 0.3) is 0 Å². The van der Waals surface area contributed by atoms with Crippen LogP contribution >= 0.6 is 12.4 Å². The first-order chi connectivity index (χ1) is 10.3. The fourth-order valence-electron chi connectivity index (χ4n) is 2.64. The molecule has 2 heterocycles. The van der Waals surface area contributed by atoms with Crippen LogP contribution in [0.1, 0.15) is 32.9 Å². The van der Waals surface area contributed by atoms with E-state index in [2.05, 4.69) is 4.98 Å². The molecule has 0 radical (unpaired) electrons. The number of carbonyl (C=O) groups is 2. The summed E-state index contributed by atoms with van der Waals surface area (Å²) in [6.07, 6.45) is 2.23. The molecule has 0 aromatic carbocycles. The number of halogens is 1. The highest BCUT2D eigenvalue weighted by Gasteiger charge is 2.41. The van der Waals surface area contributed by atoms with E-state index >= 15 is 0 Å². The summed E-state index contributed by atoms with van der Waals surface area (Å²) < 4.78 is 5.31. The van der Waals surface area contributed by atoms with Gasteiger partial charge in [-0.25, -0.2) is 9.59 Å². The summed E-state index contributed by atoms with van der Waals surface area (Å²) in [5.41, 5.74) is 0.266. The Bertz CT molecular complexity index is 545. The van der Waals surface area contributed by atoms with Gasteiger partial charge in [-0.2, -0.15) is 0 Å². The van der Waals surface area contributed by atoms with Crippen LogP contribution in [0, 0.1) is 5.92 Å². The van der Waals surface area contributed by atoms with Crippen LogP contribution in [-0.2, 0) is 16.0 Å². The molecule has 6 nitrogen and oxygen atoms in total. The molecule has 1 aromatic rings. The Balaban J connectivity index is 0.00000264. The Labute approximate surface area is 142 Å². The van der Waals surface area contributed by atoms with E-state index in [0.29, 0.717) is 19.4 Å². The second-order valence-corrected chi connectivity index (χ2v) is 6.61. The van der Waals surface area contributed by atoms with Gasteiger partial charge in [-0.3, -0.25) is 9.88 Å². The van der Waals surface area contributed by atoms with E-state index < -0.39 is 23.7 Å². The number of ether oxygens (including phenoxy) is 1. The van der Waals surface area contributed by atoms with Gasteiger partial charge in [0.2, 0.25) is 0 Å². The topological polar surface area (TPSA) is 79.7 Å². The molecule has 1 aliphatic heterocycles. The Morgan fingerprint density at radius 1 is 1.39 bits per heavy atom. The zero-order valence-electron chi connectivity index (χ0n) is 13.6. The van der Waals surface area contributed by atoms with Crippen LogP contribution in [0.2, 0.25) is 0 Å². The summed E-state index contributed by atoms with van der Waals surface area (Å²) in [4.78, 5) is 29.2. The molecule has 0 aliphatic carbocycles. The summed E-state index contributed by atoms with van der Waals surface area (Å²) in [6, 6.07) is 4.82. The minimum absolute atomic E-state index is 0. The summed E-state index contributed by atoms with van der Waals surface area (Å²) in [5, 5.41) is 9.35. The lowest BCUT2D eigenvalue weighted by molar-refractivity contribution is -0.142. The van der Waals surface area contributed by atoms with E-state index in [1.54, 1.807) is 27.0 Å². The van der Waals surface area contributed by atoms with Crippen molar-refractivity contribution < 1.29 is 19.4 Å². The minimum atomic E-state index is -0.991. The predicted octanol–water partition coefficient (Wildman–Crippen LogP) is 2.76. The van der Waals surface area contributed by atoms with E-state index in [-0.39, 0.29) is 18.3 Å². The number of amides is 1. The number of nitrogens with zero attached hydrogens (tertiary/aromatic N) is 2. The van der Waals surface area contributed by atoms with Gasteiger partial charge in [0.25, 0.3) is 0 Å². The molecule has 128 valence electrons. The molecule has 23 heavy (non-hydrogen) atoms. The number of aromatic nitrogens is 1. The van der Waals surface area contributed by atoms with Crippen molar-refractivity contribution in [2.24, 2.45) is 5.92 Å². The van der Waals surface area contributed by atoms with Gasteiger partial charge in [0.15, 0.2) is 0 Å². The second-order valence-electron chi connectivity index (χ2n) is 6.61. The molecule has 2 atom stereocenters. The van der Waals surface area contributed by atoms with E-state index in [4.69, 9.17) is 4.74 Å². The molecular formula is C16H23ClN2O4. The number of carboxylic acid groups (broad SMARTS) is 1. The van der Waals surface area contributed by atoms with Crippen LogP contribution < -0.4 is 0 Å². The average Bonchev–Trinajstić information content (AvgIpc) is 2.82. The fourth-order valence-corrected chi connectivity index (χ4v) is 2.64. The first-order valence-corrected chi connectivity index (χ1v) is 7.38. The lowest BCUT2D eigenvalue weighted by Gasteiger charge is -2.26. The molecule has 2 rings (SSSR count). The highest BCUT2D eigenvalue weighted by atomic mass is 35.5. The summed E-state index contributed by atoms with van der Waals surface area (Å²) in [5.74, 6) is -0.919. The van der Waals surface area contributed by atoms with Crippen LogP contribution in [0.5, 0.6) is 0 Å². The van der Waals surface area contributed by atoms with Crippen LogP contribution in [0.15, 0.2) is 24.4 Å². The summed E-state index contributed by atoms with van der Waals surface area (Å²) in [6.45, 7) is 5.68. The Hall–Kier alpha value is -1.82. The quantitative estimate of drug-likeness (QED) is 0.913. The molecule has 1 aliphatic rings. The van der Waals surface area contributed by atoms with Crippen LogP contribution in [0.3, 0.4) is 0 Å². The SMILES string of the molecule is CC(C)(C)OC(=O)N1C[C@H](Cc2ccccn2)C[C@H]1C(=O)O.Cl. The van der Waals surface area contributed by atoms with Gasteiger partial charge in [-0.05, 0) is 51.7 Å². The van der Waals surface area contributed by atoms with Crippen molar-refractivity contribution >= 4 is 24.5 Å². The van der Waals surface area contributed by atoms with Crippen molar-refractivity contribution in [2.45, 2.75) is 45.3 Å². The number of rotatable bonds is 3. The number of carboxylic acids is 1. The van der Waals surface area contributed by atoms with Crippen molar-refractivity contribution in [1.29, 1.82) is 0 Å². The number of hydrogen-bond donors (Lipinski definition) is 1. The van der Waals surface area contributed by atoms with Crippen molar-refractivity contribution in [3.63, 3.8) is 0 Å². The van der Waals surface area contributed by atoms with Crippen molar-refractivity contribution in [2.75, 3.05) is 6.54 Å². The number of pyridine rings is 1. The Morgan fingerprint density at radius 3 is 2.61 bits per heavy atom.